The third kappa shape index (κ3) is 3.96. The van der Waals surface area contributed by atoms with Gasteiger partial charge in [0.05, 0.1) is 11.7 Å². The minimum absolute atomic E-state index is 0.0269. The van der Waals surface area contributed by atoms with Gasteiger partial charge in [-0.25, -0.2) is 14.6 Å². The van der Waals surface area contributed by atoms with Crippen LogP contribution in [-0.4, -0.2) is 40.8 Å². The quantitative estimate of drug-likeness (QED) is 0.753. The summed E-state index contributed by atoms with van der Waals surface area (Å²) in [6.45, 7) is 1.30. The predicted octanol–water partition coefficient (Wildman–Crippen LogP) is 2.37. The van der Waals surface area contributed by atoms with Crippen LogP contribution in [0.2, 0.25) is 0 Å². The fourth-order valence-electron chi connectivity index (χ4n) is 3.56. The molecule has 3 N–H and O–H groups in total. The molecule has 1 saturated heterocycles. The van der Waals surface area contributed by atoms with Gasteiger partial charge in [0.2, 0.25) is 0 Å². The Hall–Kier alpha value is -2.45. The molecule has 2 aromatic rings. The number of hydrazine groups is 1. The summed E-state index contributed by atoms with van der Waals surface area (Å²) < 4.78 is 14.9. The average molecular weight is 372 g/mol. The van der Waals surface area contributed by atoms with Crippen molar-refractivity contribution in [3.8, 4) is 0 Å². The Bertz CT molecular complexity index is 816. The molecule has 2 amide bonds. The minimum atomic E-state index is -0.250. The van der Waals surface area contributed by atoms with E-state index in [9.17, 15) is 9.18 Å². The molecule has 2 fully saturated rings. The van der Waals surface area contributed by atoms with E-state index >= 15 is 0 Å². The molecule has 8 heteroatoms. The maximum Gasteiger partial charge on any atom is 0.322 e. The first-order chi connectivity index (χ1) is 13.0. The largest absolute Gasteiger partial charge is 0.327 e. The van der Waals surface area contributed by atoms with Gasteiger partial charge in [0.1, 0.15) is 11.6 Å². The number of carbonyl (C=O) groups excluding carboxylic acids is 1. The summed E-state index contributed by atoms with van der Waals surface area (Å²) in [5, 5.41) is 7.43. The SMILES string of the molecule is CN(CC1CNNC1c1ccc(F)cc1)C(=O)Nc1cc(C2CC2)nn1C. The second-order valence-corrected chi connectivity index (χ2v) is 7.48. The van der Waals surface area contributed by atoms with Gasteiger partial charge in [0.25, 0.3) is 0 Å². The zero-order chi connectivity index (χ0) is 19.0. The summed E-state index contributed by atoms with van der Waals surface area (Å²) in [6.07, 6.45) is 2.35. The summed E-state index contributed by atoms with van der Waals surface area (Å²) in [7, 11) is 3.63. The number of urea groups is 1. The monoisotopic (exact) mass is 372 g/mol. The number of carbonyl (C=O) groups is 1. The normalized spacial score (nSPS) is 22.0. The predicted molar refractivity (Wildman–Crippen MR) is 101 cm³/mol. The number of hydrogen-bond acceptors (Lipinski definition) is 4. The van der Waals surface area contributed by atoms with E-state index in [1.165, 1.54) is 25.0 Å². The van der Waals surface area contributed by atoms with E-state index in [0.29, 0.717) is 18.3 Å². The van der Waals surface area contributed by atoms with Crippen LogP contribution in [0, 0.1) is 11.7 Å². The Labute approximate surface area is 157 Å². The maximum absolute atomic E-state index is 13.2. The molecule has 7 nitrogen and oxygen atoms in total. The van der Waals surface area contributed by atoms with Crippen molar-refractivity contribution >= 4 is 11.8 Å². The molecule has 2 heterocycles. The first kappa shape index (κ1) is 17.9. The van der Waals surface area contributed by atoms with E-state index in [2.05, 4.69) is 21.3 Å². The molecule has 1 aliphatic carbocycles. The highest BCUT2D eigenvalue weighted by Crippen LogP contribution is 2.39. The summed E-state index contributed by atoms with van der Waals surface area (Å²) in [6, 6.07) is 8.31. The number of aromatic nitrogens is 2. The van der Waals surface area contributed by atoms with Gasteiger partial charge < -0.3 is 4.90 Å². The second kappa shape index (κ2) is 7.28. The number of benzene rings is 1. The summed E-state index contributed by atoms with van der Waals surface area (Å²) >= 11 is 0. The molecule has 0 spiro atoms. The Morgan fingerprint density at radius 3 is 2.81 bits per heavy atom. The van der Waals surface area contributed by atoms with E-state index < -0.39 is 0 Å². The topological polar surface area (TPSA) is 74.2 Å². The molecule has 2 aliphatic rings. The average Bonchev–Trinajstić information content (AvgIpc) is 3.30. The molecule has 0 bridgehead atoms. The fourth-order valence-corrected chi connectivity index (χ4v) is 3.56. The molecule has 1 saturated carbocycles. The number of nitrogens with one attached hydrogen (secondary N) is 3. The summed E-state index contributed by atoms with van der Waals surface area (Å²) in [5.41, 5.74) is 8.42. The zero-order valence-corrected chi connectivity index (χ0v) is 15.6. The van der Waals surface area contributed by atoms with Crippen LogP contribution >= 0.6 is 0 Å². The Kier molecular flexibility index (Phi) is 4.84. The van der Waals surface area contributed by atoms with Crippen molar-refractivity contribution in [1.82, 2.24) is 25.5 Å². The standard InChI is InChI=1S/C19H25FN6O/c1-25(19(27)22-17-9-16(12-3-4-12)24-26(17)2)11-14-10-21-23-18(14)13-5-7-15(20)8-6-13/h5-9,12,14,18,21,23H,3-4,10-11H2,1-2H3,(H,22,27). The minimum Gasteiger partial charge on any atom is -0.327 e. The van der Waals surface area contributed by atoms with Crippen LogP contribution in [0.4, 0.5) is 15.0 Å². The van der Waals surface area contributed by atoms with Crippen molar-refractivity contribution in [2.24, 2.45) is 13.0 Å². The smallest absolute Gasteiger partial charge is 0.322 e. The van der Waals surface area contributed by atoms with Gasteiger partial charge in [0, 0.05) is 45.1 Å². The fraction of sp³-hybridized carbons (Fsp3) is 0.474. The van der Waals surface area contributed by atoms with Gasteiger partial charge in [0.15, 0.2) is 0 Å². The van der Waals surface area contributed by atoms with Crippen LogP contribution in [0.3, 0.4) is 0 Å². The highest BCUT2D eigenvalue weighted by Gasteiger charge is 2.31. The molecule has 27 heavy (non-hydrogen) atoms. The first-order valence-corrected chi connectivity index (χ1v) is 9.31. The van der Waals surface area contributed by atoms with Crippen molar-refractivity contribution in [2.45, 2.75) is 24.8 Å². The third-order valence-electron chi connectivity index (χ3n) is 5.31. The number of anilines is 1. The number of halogens is 1. The van der Waals surface area contributed by atoms with E-state index in [4.69, 9.17) is 0 Å². The molecule has 0 radical (unpaired) electrons. The van der Waals surface area contributed by atoms with Crippen molar-refractivity contribution in [1.29, 1.82) is 0 Å². The van der Waals surface area contributed by atoms with E-state index in [1.807, 2.05) is 13.1 Å². The van der Waals surface area contributed by atoms with Gasteiger partial charge in [-0.15, -0.1) is 0 Å². The number of rotatable bonds is 5. The van der Waals surface area contributed by atoms with Crippen LogP contribution in [0.5, 0.6) is 0 Å². The third-order valence-corrected chi connectivity index (χ3v) is 5.31. The number of hydrogen-bond donors (Lipinski definition) is 3. The first-order valence-electron chi connectivity index (χ1n) is 9.31. The Morgan fingerprint density at radius 2 is 2.11 bits per heavy atom. The summed E-state index contributed by atoms with van der Waals surface area (Å²) in [4.78, 5) is 14.3. The van der Waals surface area contributed by atoms with Crippen LogP contribution in [0.1, 0.15) is 36.1 Å². The van der Waals surface area contributed by atoms with Gasteiger partial charge in [-0.05, 0) is 30.5 Å². The zero-order valence-electron chi connectivity index (χ0n) is 15.6. The van der Waals surface area contributed by atoms with Gasteiger partial charge in [-0.2, -0.15) is 5.10 Å². The van der Waals surface area contributed by atoms with E-state index in [-0.39, 0.29) is 23.8 Å². The van der Waals surface area contributed by atoms with Crippen LogP contribution < -0.4 is 16.2 Å². The van der Waals surface area contributed by atoms with E-state index in [1.54, 1.807) is 28.8 Å². The molecular weight excluding hydrogens is 347 g/mol. The molecule has 144 valence electrons. The van der Waals surface area contributed by atoms with Crippen LogP contribution in [0.25, 0.3) is 0 Å². The number of amides is 2. The highest BCUT2D eigenvalue weighted by atomic mass is 19.1. The summed E-state index contributed by atoms with van der Waals surface area (Å²) in [5.74, 6) is 1.19. The second-order valence-electron chi connectivity index (χ2n) is 7.48. The van der Waals surface area contributed by atoms with Gasteiger partial charge in [-0.3, -0.25) is 15.4 Å². The molecule has 2 atom stereocenters. The van der Waals surface area contributed by atoms with Crippen molar-refractivity contribution in [3.05, 3.63) is 47.4 Å². The molecule has 1 aromatic carbocycles. The lowest BCUT2D eigenvalue weighted by Gasteiger charge is -2.25. The lowest BCUT2D eigenvalue weighted by Crippen LogP contribution is -2.37. The molecule has 1 aromatic heterocycles. The number of nitrogens with zero attached hydrogens (tertiary/aromatic N) is 3. The molecule has 2 unspecified atom stereocenters. The molecule has 1 aliphatic heterocycles. The Morgan fingerprint density at radius 1 is 1.37 bits per heavy atom. The number of aryl methyl sites for hydroxylation is 1. The molecular formula is C19H25FN6O. The Balaban J connectivity index is 1.38. The van der Waals surface area contributed by atoms with Gasteiger partial charge in [-0.1, -0.05) is 12.1 Å². The van der Waals surface area contributed by atoms with Crippen molar-refractivity contribution in [3.63, 3.8) is 0 Å². The van der Waals surface area contributed by atoms with Crippen LogP contribution in [-0.2, 0) is 7.05 Å². The molecule has 4 rings (SSSR count). The van der Waals surface area contributed by atoms with Gasteiger partial charge >= 0.3 is 6.03 Å². The lowest BCUT2D eigenvalue weighted by atomic mass is 9.94. The van der Waals surface area contributed by atoms with E-state index in [0.717, 1.165) is 17.8 Å². The highest BCUT2D eigenvalue weighted by molar-refractivity contribution is 5.88. The van der Waals surface area contributed by atoms with Crippen molar-refractivity contribution in [2.75, 3.05) is 25.5 Å². The lowest BCUT2D eigenvalue weighted by molar-refractivity contribution is 0.212. The maximum atomic E-state index is 13.2. The van der Waals surface area contributed by atoms with Crippen molar-refractivity contribution < 1.29 is 9.18 Å². The van der Waals surface area contributed by atoms with Crippen LogP contribution in [0.15, 0.2) is 30.3 Å².